The van der Waals surface area contributed by atoms with E-state index in [9.17, 15) is 4.39 Å². The van der Waals surface area contributed by atoms with Crippen LogP contribution in [0.5, 0.6) is 0 Å². The minimum Gasteiger partial charge on any atom is -0.358 e. The van der Waals surface area contributed by atoms with Crippen LogP contribution in [0.4, 0.5) is 10.2 Å². The lowest BCUT2D eigenvalue weighted by atomic mass is 10.2. The lowest BCUT2D eigenvalue weighted by Gasteiger charge is -2.08. The van der Waals surface area contributed by atoms with Gasteiger partial charge in [0.1, 0.15) is 5.82 Å². The van der Waals surface area contributed by atoms with E-state index in [4.69, 9.17) is 12.2 Å². The van der Waals surface area contributed by atoms with E-state index in [2.05, 4.69) is 15.7 Å². The number of hydrogen-bond donors (Lipinski definition) is 2. The van der Waals surface area contributed by atoms with Crippen molar-refractivity contribution in [3.05, 3.63) is 83.8 Å². The third kappa shape index (κ3) is 4.39. The van der Waals surface area contributed by atoms with Gasteiger partial charge in [0, 0.05) is 24.4 Å². The third-order valence-corrected chi connectivity index (χ3v) is 3.71. The fourth-order valence-electron chi connectivity index (χ4n) is 2.26. The van der Waals surface area contributed by atoms with E-state index in [-0.39, 0.29) is 5.82 Å². The van der Waals surface area contributed by atoms with Gasteiger partial charge in [-0.3, -0.25) is 4.68 Å². The molecule has 0 aliphatic carbocycles. The summed E-state index contributed by atoms with van der Waals surface area (Å²) in [7, 11) is 0. The van der Waals surface area contributed by atoms with E-state index < -0.39 is 0 Å². The molecule has 0 saturated heterocycles. The van der Waals surface area contributed by atoms with Crippen molar-refractivity contribution in [3.8, 4) is 0 Å². The highest BCUT2D eigenvalue weighted by Gasteiger charge is 2.05. The van der Waals surface area contributed by atoms with E-state index in [1.807, 2.05) is 36.4 Å². The van der Waals surface area contributed by atoms with E-state index in [1.54, 1.807) is 29.1 Å². The Morgan fingerprint density at radius 1 is 1.04 bits per heavy atom. The second-order valence-electron chi connectivity index (χ2n) is 5.28. The van der Waals surface area contributed by atoms with E-state index >= 15 is 0 Å². The van der Waals surface area contributed by atoms with Gasteiger partial charge in [-0.05, 0) is 23.8 Å². The lowest BCUT2D eigenvalue weighted by Crippen LogP contribution is -2.28. The van der Waals surface area contributed by atoms with Crippen molar-refractivity contribution >= 4 is 23.1 Å². The number of halogens is 1. The highest BCUT2D eigenvalue weighted by Crippen LogP contribution is 2.10. The lowest BCUT2D eigenvalue weighted by molar-refractivity contribution is 0.586. The zero-order valence-electron chi connectivity index (χ0n) is 12.9. The molecule has 4 nitrogen and oxygen atoms in total. The van der Waals surface area contributed by atoms with Crippen LogP contribution in [0.1, 0.15) is 11.1 Å². The van der Waals surface area contributed by atoms with Gasteiger partial charge in [-0.2, -0.15) is 5.10 Å². The molecule has 1 heterocycles. The van der Waals surface area contributed by atoms with Crippen LogP contribution in [0.15, 0.2) is 66.9 Å². The van der Waals surface area contributed by atoms with Crippen molar-refractivity contribution in [2.24, 2.45) is 0 Å². The van der Waals surface area contributed by atoms with Crippen LogP contribution in [0.25, 0.3) is 0 Å². The zero-order valence-corrected chi connectivity index (χ0v) is 13.8. The van der Waals surface area contributed by atoms with Gasteiger partial charge in [0.2, 0.25) is 0 Å². The summed E-state index contributed by atoms with van der Waals surface area (Å²) in [6, 6.07) is 18.5. The van der Waals surface area contributed by atoms with Gasteiger partial charge in [0.05, 0.1) is 6.54 Å². The Labute approximate surface area is 145 Å². The molecule has 122 valence electrons. The van der Waals surface area contributed by atoms with Gasteiger partial charge in [0.25, 0.3) is 0 Å². The first-order chi connectivity index (χ1) is 11.7. The first kappa shape index (κ1) is 16.1. The van der Waals surface area contributed by atoms with Crippen LogP contribution in [0.2, 0.25) is 0 Å². The Hall–Kier alpha value is -2.73. The number of rotatable bonds is 5. The summed E-state index contributed by atoms with van der Waals surface area (Å²) in [6.07, 6.45) is 1.79. The number of hydrogen-bond acceptors (Lipinski definition) is 2. The van der Waals surface area contributed by atoms with Crippen molar-refractivity contribution in [2.75, 3.05) is 5.32 Å². The fourth-order valence-corrected chi connectivity index (χ4v) is 2.43. The fraction of sp³-hybridized carbons (Fsp3) is 0.111. The highest BCUT2D eigenvalue weighted by atomic mass is 32.1. The molecule has 0 atom stereocenters. The van der Waals surface area contributed by atoms with E-state index in [0.29, 0.717) is 29.6 Å². The number of nitrogens with one attached hydrogen (secondary N) is 2. The molecule has 0 spiro atoms. The summed E-state index contributed by atoms with van der Waals surface area (Å²) in [4.78, 5) is 0. The third-order valence-electron chi connectivity index (χ3n) is 3.47. The van der Waals surface area contributed by atoms with Gasteiger partial charge in [-0.15, -0.1) is 0 Å². The van der Waals surface area contributed by atoms with Crippen LogP contribution in [0.3, 0.4) is 0 Å². The molecule has 0 fully saturated rings. The van der Waals surface area contributed by atoms with Gasteiger partial charge in [-0.1, -0.05) is 48.5 Å². The first-order valence-corrected chi connectivity index (χ1v) is 7.97. The molecule has 3 aromatic rings. The summed E-state index contributed by atoms with van der Waals surface area (Å²) < 4.78 is 15.3. The molecule has 0 bridgehead atoms. The summed E-state index contributed by atoms with van der Waals surface area (Å²) >= 11 is 5.26. The molecule has 24 heavy (non-hydrogen) atoms. The summed E-state index contributed by atoms with van der Waals surface area (Å²) in [5.74, 6) is 0.388. The molecule has 2 aromatic carbocycles. The molecule has 0 unspecified atom stereocenters. The standard InChI is InChI=1S/C18H17FN4S/c19-16-9-5-4-8-15(16)13-23-11-10-17(22-23)21-18(24)20-12-14-6-2-1-3-7-14/h1-11H,12-13H2,(H2,20,21,22,24). The molecular formula is C18H17FN4S. The maximum Gasteiger partial charge on any atom is 0.172 e. The van der Waals surface area contributed by atoms with Crippen molar-refractivity contribution in [1.82, 2.24) is 15.1 Å². The van der Waals surface area contributed by atoms with Crippen LogP contribution >= 0.6 is 12.2 Å². The molecule has 0 saturated carbocycles. The van der Waals surface area contributed by atoms with Gasteiger partial charge in [-0.25, -0.2) is 4.39 Å². The monoisotopic (exact) mass is 340 g/mol. The van der Waals surface area contributed by atoms with Crippen LogP contribution < -0.4 is 10.6 Å². The minimum atomic E-state index is -0.234. The molecule has 0 aliphatic rings. The smallest absolute Gasteiger partial charge is 0.172 e. The predicted molar refractivity (Wildman–Crippen MR) is 97.2 cm³/mol. The Balaban J connectivity index is 1.54. The van der Waals surface area contributed by atoms with Crippen molar-refractivity contribution < 1.29 is 4.39 Å². The van der Waals surface area contributed by atoms with E-state index in [0.717, 1.165) is 5.56 Å². The molecule has 0 amide bonds. The highest BCUT2D eigenvalue weighted by molar-refractivity contribution is 7.80. The zero-order chi connectivity index (χ0) is 16.8. The predicted octanol–water partition coefficient (Wildman–Crippen LogP) is 3.56. The minimum absolute atomic E-state index is 0.234. The van der Waals surface area contributed by atoms with Crippen molar-refractivity contribution in [3.63, 3.8) is 0 Å². The molecule has 6 heteroatoms. The topological polar surface area (TPSA) is 41.9 Å². The maximum atomic E-state index is 13.7. The van der Waals surface area contributed by atoms with Gasteiger partial charge < -0.3 is 10.6 Å². The summed E-state index contributed by atoms with van der Waals surface area (Å²) in [5.41, 5.74) is 1.74. The SMILES string of the molecule is Fc1ccccc1Cn1ccc(NC(=S)NCc2ccccc2)n1. The number of anilines is 1. The molecule has 0 radical (unpaired) electrons. The quantitative estimate of drug-likeness (QED) is 0.697. The molecule has 2 N–H and O–H groups in total. The Kier molecular flexibility index (Phi) is 5.18. The van der Waals surface area contributed by atoms with Gasteiger partial charge in [0.15, 0.2) is 10.9 Å². The van der Waals surface area contributed by atoms with Crippen molar-refractivity contribution in [2.45, 2.75) is 13.1 Å². The average molecular weight is 340 g/mol. The summed E-state index contributed by atoms with van der Waals surface area (Å²) in [6.45, 7) is 1.02. The summed E-state index contributed by atoms with van der Waals surface area (Å²) in [5, 5.41) is 11.0. The Morgan fingerprint density at radius 3 is 2.58 bits per heavy atom. The largest absolute Gasteiger partial charge is 0.358 e. The van der Waals surface area contributed by atoms with Crippen LogP contribution in [-0.2, 0) is 13.1 Å². The first-order valence-electron chi connectivity index (χ1n) is 7.56. The number of thiocarbonyl (C=S) groups is 1. The maximum absolute atomic E-state index is 13.7. The normalized spacial score (nSPS) is 10.4. The second-order valence-corrected chi connectivity index (χ2v) is 5.69. The molecule has 3 rings (SSSR count). The second kappa shape index (κ2) is 7.70. The number of aromatic nitrogens is 2. The Morgan fingerprint density at radius 2 is 1.79 bits per heavy atom. The molecule has 1 aromatic heterocycles. The number of benzene rings is 2. The van der Waals surface area contributed by atoms with Crippen LogP contribution in [-0.4, -0.2) is 14.9 Å². The average Bonchev–Trinajstić information content (AvgIpc) is 3.03. The number of nitrogens with zero attached hydrogens (tertiary/aromatic N) is 2. The van der Waals surface area contributed by atoms with E-state index in [1.165, 1.54) is 6.07 Å². The van der Waals surface area contributed by atoms with Crippen molar-refractivity contribution in [1.29, 1.82) is 0 Å². The molecule has 0 aliphatic heterocycles. The van der Waals surface area contributed by atoms with Crippen LogP contribution in [0, 0.1) is 5.82 Å². The van der Waals surface area contributed by atoms with Gasteiger partial charge >= 0.3 is 0 Å². The Bertz CT molecular complexity index is 817. The molecular weight excluding hydrogens is 323 g/mol.